The molecule has 0 bridgehead atoms. The molecule has 0 unspecified atom stereocenters. The number of benzene rings is 1. The SMILES string of the molecule is CNCCN1C(=O)[C@H](OC(C)=O)[C@H](c2cccs2)Sc2ccccc21. The van der Waals surface area contributed by atoms with E-state index in [4.69, 9.17) is 4.74 Å². The molecule has 2 aromatic rings. The highest BCUT2D eigenvalue weighted by Gasteiger charge is 2.40. The highest BCUT2D eigenvalue weighted by molar-refractivity contribution is 8.00. The lowest BCUT2D eigenvalue weighted by Crippen LogP contribution is -2.44. The number of carbonyl (C=O) groups is 2. The van der Waals surface area contributed by atoms with Gasteiger partial charge in [0.2, 0.25) is 0 Å². The fourth-order valence-corrected chi connectivity index (χ4v) is 5.05. The summed E-state index contributed by atoms with van der Waals surface area (Å²) in [4.78, 5) is 28.7. The van der Waals surface area contributed by atoms with Crippen molar-refractivity contribution >= 4 is 40.7 Å². The first-order chi connectivity index (χ1) is 12.1. The number of esters is 1. The summed E-state index contributed by atoms with van der Waals surface area (Å²) >= 11 is 3.15. The second-order valence-corrected chi connectivity index (χ2v) is 7.81. The third-order valence-corrected chi connectivity index (χ3v) is 6.36. The fourth-order valence-electron chi connectivity index (χ4n) is 2.79. The van der Waals surface area contributed by atoms with Crippen LogP contribution in [0, 0.1) is 0 Å². The number of thioether (sulfide) groups is 1. The van der Waals surface area contributed by atoms with Gasteiger partial charge in [0.05, 0.1) is 10.9 Å². The molecule has 2 heterocycles. The Hall–Kier alpha value is -1.83. The molecule has 0 radical (unpaired) electrons. The van der Waals surface area contributed by atoms with Gasteiger partial charge in [-0.3, -0.25) is 9.59 Å². The zero-order valence-electron chi connectivity index (χ0n) is 14.1. The van der Waals surface area contributed by atoms with Gasteiger partial charge in [0.15, 0.2) is 6.10 Å². The van der Waals surface area contributed by atoms with Crippen LogP contribution in [0.5, 0.6) is 0 Å². The van der Waals surface area contributed by atoms with Crippen LogP contribution in [0.3, 0.4) is 0 Å². The number of likely N-dealkylation sites (N-methyl/N-ethyl adjacent to an activating group) is 1. The second kappa shape index (κ2) is 8.03. The number of amides is 1. The van der Waals surface area contributed by atoms with E-state index in [1.165, 1.54) is 6.92 Å². The van der Waals surface area contributed by atoms with E-state index in [1.807, 2.05) is 48.8 Å². The zero-order valence-corrected chi connectivity index (χ0v) is 15.7. The summed E-state index contributed by atoms with van der Waals surface area (Å²) in [6, 6.07) is 11.8. The minimum atomic E-state index is -0.842. The van der Waals surface area contributed by atoms with Crippen molar-refractivity contribution in [2.24, 2.45) is 0 Å². The molecule has 2 atom stereocenters. The van der Waals surface area contributed by atoms with Crippen LogP contribution in [0.1, 0.15) is 17.1 Å². The number of nitrogens with one attached hydrogen (secondary N) is 1. The Morgan fingerprint density at radius 1 is 1.28 bits per heavy atom. The fraction of sp³-hybridized carbons (Fsp3) is 0.333. The number of fused-ring (bicyclic) bond motifs is 1. The van der Waals surface area contributed by atoms with Gasteiger partial charge in [-0.05, 0) is 30.6 Å². The number of hydrogen-bond donors (Lipinski definition) is 1. The Morgan fingerprint density at radius 3 is 2.76 bits per heavy atom. The second-order valence-electron chi connectivity index (χ2n) is 5.65. The summed E-state index contributed by atoms with van der Waals surface area (Å²) in [5, 5.41) is 4.80. The van der Waals surface area contributed by atoms with Crippen LogP contribution in [0.25, 0.3) is 0 Å². The Morgan fingerprint density at radius 2 is 2.08 bits per heavy atom. The predicted octanol–water partition coefficient (Wildman–Crippen LogP) is 3.08. The first-order valence-electron chi connectivity index (χ1n) is 8.04. The summed E-state index contributed by atoms with van der Waals surface area (Å²) in [7, 11) is 1.85. The summed E-state index contributed by atoms with van der Waals surface area (Å²) in [6.07, 6.45) is -0.842. The average Bonchev–Trinajstić information content (AvgIpc) is 3.10. The molecule has 7 heteroatoms. The number of thiophene rings is 1. The summed E-state index contributed by atoms with van der Waals surface area (Å²) in [5.74, 6) is -0.624. The van der Waals surface area contributed by atoms with Crippen molar-refractivity contribution in [1.82, 2.24) is 5.32 Å². The molecular formula is C18H20N2O3S2. The summed E-state index contributed by atoms with van der Waals surface area (Å²) < 4.78 is 5.50. The summed E-state index contributed by atoms with van der Waals surface area (Å²) in [6.45, 7) is 2.52. The van der Waals surface area contributed by atoms with Crippen LogP contribution >= 0.6 is 23.1 Å². The monoisotopic (exact) mass is 376 g/mol. The smallest absolute Gasteiger partial charge is 0.303 e. The van der Waals surface area contributed by atoms with Crippen LogP contribution in [0.4, 0.5) is 5.69 Å². The van der Waals surface area contributed by atoms with Gasteiger partial charge in [-0.1, -0.05) is 18.2 Å². The lowest BCUT2D eigenvalue weighted by molar-refractivity contribution is -0.152. The number of rotatable bonds is 5. The molecule has 0 saturated carbocycles. The van der Waals surface area contributed by atoms with E-state index >= 15 is 0 Å². The maximum Gasteiger partial charge on any atom is 0.303 e. The molecule has 0 saturated heterocycles. The van der Waals surface area contributed by atoms with E-state index in [9.17, 15) is 9.59 Å². The normalized spacial score (nSPS) is 20.1. The predicted molar refractivity (Wildman–Crippen MR) is 101 cm³/mol. The Balaban J connectivity index is 2.06. The lowest BCUT2D eigenvalue weighted by Gasteiger charge is -2.27. The number of para-hydroxylation sites is 1. The van der Waals surface area contributed by atoms with Gasteiger partial charge in [0, 0.05) is 29.8 Å². The Kier molecular flexibility index (Phi) is 5.78. The average molecular weight is 377 g/mol. The van der Waals surface area contributed by atoms with Crippen LogP contribution in [0.15, 0.2) is 46.7 Å². The number of hydrogen-bond acceptors (Lipinski definition) is 6. The number of anilines is 1. The van der Waals surface area contributed by atoms with Gasteiger partial charge < -0.3 is 15.0 Å². The quantitative estimate of drug-likeness (QED) is 0.813. The minimum Gasteiger partial charge on any atom is -0.451 e. The maximum atomic E-state index is 13.3. The number of nitrogens with zero attached hydrogens (tertiary/aromatic N) is 1. The molecular weight excluding hydrogens is 356 g/mol. The van der Waals surface area contributed by atoms with Gasteiger partial charge in [0.25, 0.3) is 5.91 Å². The van der Waals surface area contributed by atoms with Crippen molar-refractivity contribution in [1.29, 1.82) is 0 Å². The molecule has 1 aromatic carbocycles. The molecule has 25 heavy (non-hydrogen) atoms. The largest absolute Gasteiger partial charge is 0.451 e. The Labute approximate surface area is 155 Å². The van der Waals surface area contributed by atoms with Gasteiger partial charge in [-0.25, -0.2) is 0 Å². The number of carbonyl (C=O) groups excluding carboxylic acids is 2. The van der Waals surface area contributed by atoms with Crippen LogP contribution in [0.2, 0.25) is 0 Å². The van der Waals surface area contributed by atoms with E-state index in [-0.39, 0.29) is 11.2 Å². The van der Waals surface area contributed by atoms with Crippen molar-refractivity contribution in [3.63, 3.8) is 0 Å². The highest BCUT2D eigenvalue weighted by atomic mass is 32.2. The van der Waals surface area contributed by atoms with E-state index in [0.717, 1.165) is 15.5 Å². The van der Waals surface area contributed by atoms with E-state index in [0.29, 0.717) is 13.1 Å². The zero-order chi connectivity index (χ0) is 17.8. The minimum absolute atomic E-state index is 0.179. The third kappa shape index (κ3) is 3.89. The van der Waals surface area contributed by atoms with Gasteiger partial charge in [0.1, 0.15) is 0 Å². The van der Waals surface area contributed by atoms with E-state index in [1.54, 1.807) is 28.0 Å². The van der Waals surface area contributed by atoms with Crippen LogP contribution in [-0.4, -0.2) is 38.1 Å². The standard InChI is InChI=1S/C18H20N2O3S2/c1-12(21)23-16-17(15-8-5-11-24-15)25-14-7-4-3-6-13(14)20(18(16)22)10-9-19-2/h3-8,11,16-17,19H,9-10H2,1-2H3/t16-,17+/m1/s1. The molecule has 1 aliphatic heterocycles. The van der Waals surface area contributed by atoms with E-state index < -0.39 is 12.1 Å². The van der Waals surface area contributed by atoms with E-state index in [2.05, 4.69) is 5.32 Å². The van der Waals surface area contributed by atoms with Gasteiger partial charge in [-0.15, -0.1) is 23.1 Å². The van der Waals surface area contributed by atoms with Crippen molar-refractivity contribution < 1.29 is 14.3 Å². The molecule has 132 valence electrons. The topological polar surface area (TPSA) is 58.6 Å². The van der Waals surface area contributed by atoms with Crippen molar-refractivity contribution in [3.8, 4) is 0 Å². The molecule has 0 fully saturated rings. The molecule has 0 spiro atoms. The summed E-state index contributed by atoms with van der Waals surface area (Å²) in [5.41, 5.74) is 0.865. The Bertz CT molecular complexity index is 749. The molecule has 3 rings (SSSR count). The highest BCUT2D eigenvalue weighted by Crippen LogP contribution is 2.47. The molecule has 5 nitrogen and oxygen atoms in total. The van der Waals surface area contributed by atoms with Crippen LogP contribution < -0.4 is 10.2 Å². The third-order valence-electron chi connectivity index (χ3n) is 3.90. The van der Waals surface area contributed by atoms with Crippen molar-refractivity contribution in [3.05, 3.63) is 46.7 Å². The lowest BCUT2D eigenvalue weighted by atomic mass is 10.1. The molecule has 1 N–H and O–H groups in total. The molecule has 1 aliphatic rings. The molecule has 1 amide bonds. The first kappa shape index (κ1) is 18.0. The van der Waals surface area contributed by atoms with Gasteiger partial charge >= 0.3 is 5.97 Å². The molecule has 1 aromatic heterocycles. The van der Waals surface area contributed by atoms with Crippen LogP contribution in [-0.2, 0) is 14.3 Å². The van der Waals surface area contributed by atoms with Gasteiger partial charge in [-0.2, -0.15) is 0 Å². The van der Waals surface area contributed by atoms with Crippen molar-refractivity contribution in [2.75, 3.05) is 25.0 Å². The maximum absolute atomic E-state index is 13.3. The first-order valence-corrected chi connectivity index (χ1v) is 9.80. The van der Waals surface area contributed by atoms with Crippen molar-refractivity contribution in [2.45, 2.75) is 23.2 Å². The number of ether oxygens (including phenoxy) is 1. The molecule has 0 aliphatic carbocycles.